The summed E-state index contributed by atoms with van der Waals surface area (Å²) in [5.41, 5.74) is 7.84. The summed E-state index contributed by atoms with van der Waals surface area (Å²) in [6, 6.07) is 7.45. The minimum Gasteiger partial charge on any atom is -0.494 e. The molecule has 2 aromatic rings. The molecule has 6 nitrogen and oxygen atoms in total. The second kappa shape index (κ2) is 9.01. The molecule has 1 aromatic heterocycles. The molecule has 0 atom stereocenters. The maximum Gasteiger partial charge on any atom is 0.342 e. The third kappa shape index (κ3) is 4.92. The van der Waals surface area contributed by atoms with Gasteiger partial charge in [0.25, 0.3) is 0 Å². The van der Waals surface area contributed by atoms with E-state index in [1.165, 1.54) is 0 Å². The summed E-state index contributed by atoms with van der Waals surface area (Å²) < 4.78 is 10.8. The fourth-order valence-corrected chi connectivity index (χ4v) is 2.50. The van der Waals surface area contributed by atoms with Gasteiger partial charge in [-0.15, -0.1) is 0 Å². The van der Waals surface area contributed by atoms with Gasteiger partial charge in [-0.25, -0.2) is 14.8 Å². The van der Waals surface area contributed by atoms with Crippen LogP contribution in [0.5, 0.6) is 5.75 Å². The van der Waals surface area contributed by atoms with E-state index in [0.29, 0.717) is 23.6 Å². The molecule has 0 aliphatic rings. The number of benzene rings is 1. The van der Waals surface area contributed by atoms with Crippen molar-refractivity contribution in [3.05, 3.63) is 35.5 Å². The third-order valence-electron chi connectivity index (χ3n) is 3.73. The zero-order chi connectivity index (χ0) is 18.2. The first kappa shape index (κ1) is 18.7. The van der Waals surface area contributed by atoms with E-state index in [0.717, 1.165) is 30.6 Å². The largest absolute Gasteiger partial charge is 0.494 e. The Morgan fingerprint density at radius 1 is 1.12 bits per heavy atom. The summed E-state index contributed by atoms with van der Waals surface area (Å²) in [6.45, 7) is 6.62. The van der Waals surface area contributed by atoms with Crippen LogP contribution in [0.3, 0.4) is 0 Å². The standard InChI is InChI=1S/C19H25N3O3/c1-4-6-7-12-25-15-10-8-14(9-11-15)17-16(18(23)24-5-2)13(3)21-19(20)22-17/h8-11H,4-7,12H2,1-3H3,(H2,20,21,22). The van der Waals surface area contributed by atoms with Gasteiger partial charge >= 0.3 is 5.97 Å². The molecule has 1 aromatic carbocycles. The molecule has 0 spiro atoms. The van der Waals surface area contributed by atoms with Crippen LogP contribution in [0, 0.1) is 6.92 Å². The molecule has 6 heteroatoms. The van der Waals surface area contributed by atoms with E-state index < -0.39 is 5.97 Å². The molecule has 0 bridgehead atoms. The van der Waals surface area contributed by atoms with Gasteiger partial charge in [0.05, 0.1) is 24.6 Å². The van der Waals surface area contributed by atoms with Crippen molar-refractivity contribution < 1.29 is 14.3 Å². The lowest BCUT2D eigenvalue weighted by Gasteiger charge is -2.12. The first-order valence-electron chi connectivity index (χ1n) is 8.61. The number of hydrogen-bond acceptors (Lipinski definition) is 6. The number of hydrogen-bond donors (Lipinski definition) is 1. The lowest BCUT2D eigenvalue weighted by atomic mass is 10.0. The van der Waals surface area contributed by atoms with Gasteiger partial charge in [0.15, 0.2) is 0 Å². The molecule has 0 radical (unpaired) electrons. The number of nitrogen functional groups attached to an aromatic ring is 1. The van der Waals surface area contributed by atoms with Gasteiger partial charge in [0, 0.05) is 5.56 Å². The Bertz CT molecular complexity index is 715. The Labute approximate surface area is 148 Å². The second-order valence-corrected chi connectivity index (χ2v) is 5.69. The quantitative estimate of drug-likeness (QED) is 0.580. The van der Waals surface area contributed by atoms with Gasteiger partial charge in [-0.3, -0.25) is 0 Å². The van der Waals surface area contributed by atoms with Gasteiger partial charge in [0.1, 0.15) is 11.3 Å². The first-order valence-corrected chi connectivity index (χ1v) is 8.61. The van der Waals surface area contributed by atoms with Gasteiger partial charge in [-0.1, -0.05) is 19.8 Å². The van der Waals surface area contributed by atoms with Crippen LogP contribution in [0.1, 0.15) is 49.2 Å². The highest BCUT2D eigenvalue weighted by Crippen LogP contribution is 2.27. The van der Waals surface area contributed by atoms with Crippen LogP contribution in [0.2, 0.25) is 0 Å². The van der Waals surface area contributed by atoms with Gasteiger partial charge in [-0.05, 0) is 44.5 Å². The average molecular weight is 343 g/mol. The summed E-state index contributed by atoms with van der Waals surface area (Å²) in [5.74, 6) is 0.464. The number of rotatable bonds is 8. The molecular formula is C19H25N3O3. The molecular weight excluding hydrogens is 318 g/mol. The molecule has 0 amide bonds. The van der Waals surface area contributed by atoms with Crippen molar-refractivity contribution in [1.29, 1.82) is 0 Å². The van der Waals surface area contributed by atoms with Crippen LogP contribution < -0.4 is 10.5 Å². The van der Waals surface area contributed by atoms with Gasteiger partial charge in [0.2, 0.25) is 5.95 Å². The van der Waals surface area contributed by atoms with Gasteiger partial charge in [-0.2, -0.15) is 0 Å². The van der Waals surface area contributed by atoms with Crippen LogP contribution in [0.15, 0.2) is 24.3 Å². The number of carbonyl (C=O) groups excluding carboxylic acids is 1. The van der Waals surface area contributed by atoms with E-state index in [4.69, 9.17) is 15.2 Å². The topological polar surface area (TPSA) is 87.3 Å². The molecule has 0 unspecified atom stereocenters. The smallest absolute Gasteiger partial charge is 0.342 e. The number of esters is 1. The van der Waals surface area contributed by atoms with Crippen molar-refractivity contribution in [2.45, 2.75) is 40.0 Å². The molecule has 1 heterocycles. The molecule has 134 valence electrons. The normalized spacial score (nSPS) is 10.5. The van der Waals surface area contributed by atoms with E-state index in [1.807, 2.05) is 24.3 Å². The number of nitrogens with two attached hydrogens (primary N) is 1. The number of anilines is 1. The lowest BCUT2D eigenvalue weighted by Crippen LogP contribution is -2.13. The summed E-state index contributed by atoms with van der Waals surface area (Å²) in [4.78, 5) is 20.6. The molecule has 0 fully saturated rings. The number of aryl methyl sites for hydroxylation is 1. The summed E-state index contributed by atoms with van der Waals surface area (Å²) >= 11 is 0. The van der Waals surface area contributed by atoms with Crippen LogP contribution >= 0.6 is 0 Å². The summed E-state index contributed by atoms with van der Waals surface area (Å²) in [7, 11) is 0. The SMILES string of the molecule is CCCCCOc1ccc(-c2nc(N)nc(C)c2C(=O)OCC)cc1. The summed E-state index contributed by atoms with van der Waals surface area (Å²) in [5, 5.41) is 0. The van der Waals surface area contributed by atoms with E-state index in [9.17, 15) is 4.79 Å². The van der Waals surface area contributed by atoms with Crippen molar-refractivity contribution in [1.82, 2.24) is 9.97 Å². The Balaban J connectivity index is 2.27. The zero-order valence-electron chi connectivity index (χ0n) is 15.0. The Kier molecular flexibility index (Phi) is 6.74. The van der Waals surface area contributed by atoms with E-state index in [1.54, 1.807) is 13.8 Å². The molecule has 0 saturated carbocycles. The van der Waals surface area contributed by atoms with Crippen molar-refractivity contribution in [3.8, 4) is 17.0 Å². The Morgan fingerprint density at radius 3 is 2.48 bits per heavy atom. The van der Waals surface area contributed by atoms with Crippen LogP contribution in [-0.2, 0) is 4.74 Å². The van der Waals surface area contributed by atoms with Crippen molar-refractivity contribution >= 4 is 11.9 Å². The maximum absolute atomic E-state index is 12.3. The third-order valence-corrected chi connectivity index (χ3v) is 3.73. The van der Waals surface area contributed by atoms with Crippen molar-refractivity contribution in [2.24, 2.45) is 0 Å². The monoisotopic (exact) mass is 343 g/mol. The molecule has 2 rings (SSSR count). The van der Waals surface area contributed by atoms with Crippen molar-refractivity contribution in [3.63, 3.8) is 0 Å². The molecule has 0 saturated heterocycles. The second-order valence-electron chi connectivity index (χ2n) is 5.69. The number of unbranched alkanes of at least 4 members (excludes halogenated alkanes) is 2. The average Bonchev–Trinajstić information content (AvgIpc) is 2.59. The molecule has 0 aliphatic carbocycles. The molecule has 0 aliphatic heterocycles. The van der Waals surface area contributed by atoms with Crippen LogP contribution in [0.25, 0.3) is 11.3 Å². The number of ether oxygens (including phenoxy) is 2. The molecule has 2 N–H and O–H groups in total. The van der Waals surface area contributed by atoms with E-state index >= 15 is 0 Å². The number of carbonyl (C=O) groups is 1. The highest BCUT2D eigenvalue weighted by Gasteiger charge is 2.20. The summed E-state index contributed by atoms with van der Waals surface area (Å²) in [6.07, 6.45) is 3.35. The number of nitrogens with zero attached hydrogens (tertiary/aromatic N) is 2. The van der Waals surface area contributed by atoms with Gasteiger partial charge < -0.3 is 15.2 Å². The van der Waals surface area contributed by atoms with Crippen LogP contribution in [0.4, 0.5) is 5.95 Å². The molecule has 25 heavy (non-hydrogen) atoms. The van der Waals surface area contributed by atoms with Crippen LogP contribution in [-0.4, -0.2) is 29.2 Å². The first-order chi connectivity index (χ1) is 12.1. The minimum atomic E-state index is -0.449. The zero-order valence-corrected chi connectivity index (χ0v) is 15.0. The Morgan fingerprint density at radius 2 is 1.84 bits per heavy atom. The maximum atomic E-state index is 12.3. The van der Waals surface area contributed by atoms with Crippen molar-refractivity contribution in [2.75, 3.05) is 18.9 Å². The van der Waals surface area contributed by atoms with E-state index in [2.05, 4.69) is 16.9 Å². The Hall–Kier alpha value is -2.63. The number of aromatic nitrogens is 2. The predicted molar refractivity (Wildman–Crippen MR) is 97.6 cm³/mol. The fraction of sp³-hybridized carbons (Fsp3) is 0.421. The predicted octanol–water partition coefficient (Wildman–Crippen LogP) is 3.78. The lowest BCUT2D eigenvalue weighted by molar-refractivity contribution is 0.0525. The fourth-order valence-electron chi connectivity index (χ4n) is 2.50. The van der Waals surface area contributed by atoms with E-state index in [-0.39, 0.29) is 12.6 Å². The minimum absolute atomic E-state index is 0.125. The highest BCUT2D eigenvalue weighted by molar-refractivity contribution is 5.97. The highest BCUT2D eigenvalue weighted by atomic mass is 16.5.